The summed E-state index contributed by atoms with van der Waals surface area (Å²) in [5, 5.41) is 0. The predicted molar refractivity (Wildman–Crippen MR) is 56.9 cm³/mol. The number of halogens is 2. The highest BCUT2D eigenvalue weighted by Crippen LogP contribution is 2.34. The highest BCUT2D eigenvalue weighted by atomic mass is 19.1. The molecular weight excluding hydrogens is 216 g/mol. The molecule has 16 heavy (non-hydrogen) atoms. The van der Waals surface area contributed by atoms with E-state index in [1.54, 1.807) is 6.92 Å². The maximum Gasteiger partial charge on any atom is 0.171 e. The first-order valence-corrected chi connectivity index (χ1v) is 4.86. The number of benzene rings is 1. The minimum absolute atomic E-state index is 0.0476. The van der Waals surface area contributed by atoms with E-state index in [1.807, 2.05) is 0 Å². The van der Waals surface area contributed by atoms with Crippen molar-refractivity contribution in [2.24, 2.45) is 5.73 Å². The largest absolute Gasteiger partial charge is 0.494 e. The fraction of sp³-hybridized carbons (Fsp3) is 0.455. The molecule has 2 N–H and O–H groups in total. The van der Waals surface area contributed by atoms with Crippen LogP contribution in [0.15, 0.2) is 6.07 Å². The van der Waals surface area contributed by atoms with Gasteiger partial charge in [0.15, 0.2) is 23.1 Å². The molecule has 0 saturated carbocycles. The van der Waals surface area contributed by atoms with Crippen molar-refractivity contribution < 1.29 is 18.3 Å². The Bertz CT molecular complexity index is 354. The normalized spacial score (nSPS) is 12.4. The van der Waals surface area contributed by atoms with Crippen molar-refractivity contribution in [2.45, 2.75) is 12.8 Å². The molecule has 0 radical (unpaired) electrons. The molecule has 0 amide bonds. The molecule has 1 aromatic rings. The van der Waals surface area contributed by atoms with Crippen LogP contribution < -0.4 is 15.2 Å². The fourth-order valence-electron chi connectivity index (χ4n) is 1.46. The molecule has 5 heteroatoms. The number of hydrogen-bond acceptors (Lipinski definition) is 3. The second-order valence-corrected chi connectivity index (χ2v) is 3.46. The van der Waals surface area contributed by atoms with E-state index < -0.39 is 17.6 Å². The van der Waals surface area contributed by atoms with Crippen LogP contribution in [-0.2, 0) is 0 Å². The quantitative estimate of drug-likeness (QED) is 0.862. The first-order valence-electron chi connectivity index (χ1n) is 4.86. The summed E-state index contributed by atoms with van der Waals surface area (Å²) in [5.74, 6) is -1.98. The van der Waals surface area contributed by atoms with Gasteiger partial charge in [0.1, 0.15) is 0 Å². The Morgan fingerprint density at radius 3 is 1.94 bits per heavy atom. The van der Waals surface area contributed by atoms with E-state index in [0.29, 0.717) is 0 Å². The zero-order chi connectivity index (χ0) is 12.3. The topological polar surface area (TPSA) is 44.5 Å². The molecule has 1 atom stereocenters. The number of methoxy groups -OCH3 is 2. The van der Waals surface area contributed by atoms with Crippen molar-refractivity contribution in [3.05, 3.63) is 23.3 Å². The smallest absolute Gasteiger partial charge is 0.171 e. The molecule has 90 valence electrons. The molecule has 0 aliphatic carbocycles. The van der Waals surface area contributed by atoms with Crippen molar-refractivity contribution in [1.82, 2.24) is 0 Å². The van der Waals surface area contributed by atoms with Crippen LogP contribution in [0.25, 0.3) is 0 Å². The summed E-state index contributed by atoms with van der Waals surface area (Å²) < 4.78 is 37.3. The Kier molecular flexibility index (Phi) is 4.06. The third-order valence-corrected chi connectivity index (χ3v) is 2.45. The number of rotatable bonds is 4. The molecule has 0 saturated heterocycles. The van der Waals surface area contributed by atoms with E-state index in [2.05, 4.69) is 0 Å². The molecule has 0 heterocycles. The van der Waals surface area contributed by atoms with Crippen molar-refractivity contribution in [3.63, 3.8) is 0 Å². The van der Waals surface area contributed by atoms with Gasteiger partial charge in [0.25, 0.3) is 0 Å². The van der Waals surface area contributed by atoms with Crippen LogP contribution in [0.2, 0.25) is 0 Å². The van der Waals surface area contributed by atoms with E-state index in [1.165, 1.54) is 20.3 Å². The highest BCUT2D eigenvalue weighted by Gasteiger charge is 2.23. The van der Waals surface area contributed by atoms with E-state index in [-0.39, 0.29) is 23.6 Å². The second-order valence-electron chi connectivity index (χ2n) is 3.46. The molecule has 0 aliphatic heterocycles. The lowest BCUT2D eigenvalue weighted by Gasteiger charge is -2.16. The molecule has 1 aromatic carbocycles. The second kappa shape index (κ2) is 5.12. The van der Waals surface area contributed by atoms with Crippen molar-refractivity contribution in [1.29, 1.82) is 0 Å². The van der Waals surface area contributed by atoms with Gasteiger partial charge in [0, 0.05) is 11.6 Å². The van der Waals surface area contributed by atoms with E-state index in [9.17, 15) is 8.78 Å². The third-order valence-electron chi connectivity index (χ3n) is 2.45. The SMILES string of the molecule is COc1cc(OC)c(F)c(C(C)CN)c1F. The van der Waals surface area contributed by atoms with Crippen molar-refractivity contribution in [2.75, 3.05) is 20.8 Å². The molecule has 1 unspecified atom stereocenters. The maximum absolute atomic E-state index is 13.8. The minimum atomic E-state index is -0.723. The molecule has 0 bridgehead atoms. The van der Waals surface area contributed by atoms with Gasteiger partial charge in [0.05, 0.1) is 14.2 Å². The molecular formula is C11H15F2NO2. The molecule has 3 nitrogen and oxygen atoms in total. The lowest BCUT2D eigenvalue weighted by Crippen LogP contribution is -2.13. The summed E-state index contributed by atoms with van der Waals surface area (Å²) in [6.07, 6.45) is 0. The Balaban J connectivity index is 3.43. The molecule has 0 spiro atoms. The number of hydrogen-bond donors (Lipinski definition) is 1. The van der Waals surface area contributed by atoms with E-state index in [4.69, 9.17) is 15.2 Å². The van der Waals surface area contributed by atoms with Crippen LogP contribution in [-0.4, -0.2) is 20.8 Å². The molecule has 0 aliphatic rings. The third kappa shape index (κ3) is 2.09. The highest BCUT2D eigenvalue weighted by molar-refractivity contribution is 5.43. The van der Waals surface area contributed by atoms with Crippen LogP contribution in [0.4, 0.5) is 8.78 Å². The van der Waals surface area contributed by atoms with Gasteiger partial charge < -0.3 is 15.2 Å². The van der Waals surface area contributed by atoms with Gasteiger partial charge in [-0.1, -0.05) is 6.92 Å². The van der Waals surface area contributed by atoms with Gasteiger partial charge in [-0.3, -0.25) is 0 Å². The van der Waals surface area contributed by atoms with E-state index in [0.717, 1.165) is 0 Å². The van der Waals surface area contributed by atoms with Crippen LogP contribution in [0.5, 0.6) is 11.5 Å². The zero-order valence-electron chi connectivity index (χ0n) is 9.51. The monoisotopic (exact) mass is 231 g/mol. The molecule has 1 rings (SSSR count). The average Bonchev–Trinajstić information content (AvgIpc) is 2.29. The average molecular weight is 231 g/mol. The first-order chi connectivity index (χ1) is 7.56. The summed E-state index contributed by atoms with van der Waals surface area (Å²) in [7, 11) is 2.62. The van der Waals surface area contributed by atoms with Gasteiger partial charge >= 0.3 is 0 Å². The van der Waals surface area contributed by atoms with Crippen molar-refractivity contribution >= 4 is 0 Å². The van der Waals surface area contributed by atoms with Crippen LogP contribution in [0, 0.1) is 11.6 Å². The Morgan fingerprint density at radius 2 is 1.62 bits per heavy atom. The van der Waals surface area contributed by atoms with Gasteiger partial charge in [-0.2, -0.15) is 0 Å². The predicted octanol–water partition coefficient (Wildman–Crippen LogP) is 2.04. The van der Waals surface area contributed by atoms with Crippen molar-refractivity contribution in [3.8, 4) is 11.5 Å². The molecule has 0 aromatic heterocycles. The zero-order valence-corrected chi connectivity index (χ0v) is 9.51. The van der Waals surface area contributed by atoms with Gasteiger partial charge in [-0.15, -0.1) is 0 Å². The molecule has 0 fully saturated rings. The van der Waals surface area contributed by atoms with Crippen LogP contribution in [0.1, 0.15) is 18.4 Å². The fourth-order valence-corrected chi connectivity index (χ4v) is 1.46. The van der Waals surface area contributed by atoms with Gasteiger partial charge in [0.2, 0.25) is 0 Å². The summed E-state index contributed by atoms with van der Waals surface area (Å²) in [4.78, 5) is 0. The lowest BCUT2D eigenvalue weighted by atomic mass is 9.99. The summed E-state index contributed by atoms with van der Waals surface area (Å²) >= 11 is 0. The minimum Gasteiger partial charge on any atom is -0.494 e. The first kappa shape index (κ1) is 12.7. The van der Waals surface area contributed by atoms with Crippen LogP contribution >= 0.6 is 0 Å². The maximum atomic E-state index is 13.8. The van der Waals surface area contributed by atoms with E-state index >= 15 is 0 Å². The number of nitrogens with two attached hydrogens (primary N) is 1. The standard InChI is InChI=1S/C11H15F2NO2/c1-6(5-14)9-10(12)7(15-2)4-8(16-3)11(9)13/h4,6H,5,14H2,1-3H3. The number of ether oxygens (including phenoxy) is 2. The lowest BCUT2D eigenvalue weighted by molar-refractivity contribution is 0.351. The Labute approximate surface area is 93.2 Å². The summed E-state index contributed by atoms with van der Waals surface area (Å²) in [5.41, 5.74) is 5.31. The van der Waals surface area contributed by atoms with Gasteiger partial charge in [-0.25, -0.2) is 8.78 Å². The summed E-state index contributed by atoms with van der Waals surface area (Å²) in [6, 6.07) is 1.18. The van der Waals surface area contributed by atoms with Gasteiger partial charge in [-0.05, 0) is 12.5 Å². The summed E-state index contributed by atoms with van der Waals surface area (Å²) in [6.45, 7) is 1.78. The Hall–Kier alpha value is -1.36. The van der Waals surface area contributed by atoms with Crippen LogP contribution in [0.3, 0.4) is 0 Å². The Morgan fingerprint density at radius 1 is 1.19 bits per heavy atom.